The predicted molar refractivity (Wildman–Crippen MR) is 84.8 cm³/mol. The molecule has 0 amide bonds. The lowest BCUT2D eigenvalue weighted by atomic mass is 9.93. The second kappa shape index (κ2) is 7.38. The van der Waals surface area contributed by atoms with Crippen LogP contribution in [0.1, 0.15) is 43.4 Å². The first kappa shape index (κ1) is 16.5. The Morgan fingerprint density at radius 1 is 1.29 bits per heavy atom. The number of nitrogens with zero attached hydrogens (tertiary/aromatic N) is 1. The highest BCUT2D eigenvalue weighted by atomic mass is 32.2. The van der Waals surface area contributed by atoms with Crippen LogP contribution in [0, 0.1) is 0 Å². The van der Waals surface area contributed by atoms with Crippen molar-refractivity contribution in [1.29, 1.82) is 0 Å². The fourth-order valence-electron chi connectivity index (χ4n) is 3.03. The largest absolute Gasteiger partial charge is 0.385 e. The molecule has 2 rings (SSSR count). The Balaban J connectivity index is 2.12. The summed E-state index contributed by atoms with van der Waals surface area (Å²) in [5, 5.41) is 0. The van der Waals surface area contributed by atoms with Gasteiger partial charge in [-0.1, -0.05) is 31.2 Å². The van der Waals surface area contributed by atoms with E-state index < -0.39 is 10.0 Å². The maximum atomic E-state index is 12.6. The summed E-state index contributed by atoms with van der Waals surface area (Å²) in [6, 6.07) is 8.19. The van der Waals surface area contributed by atoms with Gasteiger partial charge in [-0.3, -0.25) is 0 Å². The Labute approximate surface area is 128 Å². The molecule has 1 aliphatic rings. The number of ether oxygens (including phenoxy) is 1. The van der Waals surface area contributed by atoms with E-state index >= 15 is 0 Å². The minimum absolute atomic E-state index is 0.0117. The number of fused-ring (bicyclic) bond motifs is 1. The molecule has 4 nitrogen and oxygen atoms in total. The molecule has 0 fully saturated rings. The van der Waals surface area contributed by atoms with Crippen molar-refractivity contribution >= 4 is 10.0 Å². The quantitative estimate of drug-likeness (QED) is 0.727. The average molecular weight is 311 g/mol. The summed E-state index contributed by atoms with van der Waals surface area (Å²) in [5.74, 6) is 0.217. The second-order valence-electron chi connectivity index (χ2n) is 5.50. The number of rotatable bonds is 7. The Morgan fingerprint density at radius 3 is 2.76 bits per heavy atom. The summed E-state index contributed by atoms with van der Waals surface area (Å²) in [5.41, 5.74) is 2.46. The van der Waals surface area contributed by atoms with Crippen LogP contribution in [-0.4, -0.2) is 38.7 Å². The monoisotopic (exact) mass is 311 g/mol. The Morgan fingerprint density at radius 2 is 2.05 bits per heavy atom. The standard InChI is InChI=1S/C16H25NO3S/c1-3-16-15-9-5-4-8-14(15)10-11-17(16)21(18,19)13-7-6-12-20-2/h4-5,8-9,16H,3,6-7,10-13H2,1-2H3/t16-/m1/s1. The second-order valence-corrected chi connectivity index (χ2v) is 7.54. The van der Waals surface area contributed by atoms with Crippen LogP contribution in [0.4, 0.5) is 0 Å². The molecule has 118 valence electrons. The molecule has 1 aliphatic heterocycles. The third-order valence-electron chi connectivity index (χ3n) is 4.11. The average Bonchev–Trinajstić information content (AvgIpc) is 2.50. The van der Waals surface area contributed by atoms with Gasteiger partial charge in [-0.05, 0) is 36.8 Å². The molecule has 0 spiro atoms. The topological polar surface area (TPSA) is 46.6 Å². The van der Waals surface area contributed by atoms with Gasteiger partial charge < -0.3 is 4.74 Å². The molecule has 1 aromatic carbocycles. The number of hydrogen-bond acceptors (Lipinski definition) is 3. The number of unbranched alkanes of at least 4 members (excludes halogenated alkanes) is 1. The van der Waals surface area contributed by atoms with E-state index in [2.05, 4.69) is 19.1 Å². The van der Waals surface area contributed by atoms with Crippen molar-refractivity contribution < 1.29 is 13.2 Å². The number of benzene rings is 1. The Kier molecular flexibility index (Phi) is 5.79. The van der Waals surface area contributed by atoms with Crippen LogP contribution in [0.25, 0.3) is 0 Å². The van der Waals surface area contributed by atoms with Gasteiger partial charge in [0, 0.05) is 26.3 Å². The van der Waals surface area contributed by atoms with Crippen molar-refractivity contribution in [2.45, 2.75) is 38.6 Å². The van der Waals surface area contributed by atoms with E-state index in [1.54, 1.807) is 11.4 Å². The van der Waals surface area contributed by atoms with Gasteiger partial charge in [-0.25, -0.2) is 8.42 Å². The predicted octanol–water partition coefficient (Wildman–Crippen LogP) is 2.75. The van der Waals surface area contributed by atoms with Crippen LogP contribution in [0.3, 0.4) is 0 Å². The van der Waals surface area contributed by atoms with Crippen molar-refractivity contribution in [2.24, 2.45) is 0 Å². The lowest BCUT2D eigenvalue weighted by molar-refractivity contribution is 0.194. The SMILES string of the molecule is CC[C@@H]1c2ccccc2CCN1S(=O)(=O)CCCCOC. The minimum atomic E-state index is -3.19. The van der Waals surface area contributed by atoms with Crippen LogP contribution < -0.4 is 0 Å². The molecule has 1 aromatic rings. The first-order chi connectivity index (χ1) is 10.1. The first-order valence-corrected chi connectivity index (χ1v) is 9.27. The Hall–Kier alpha value is -0.910. The van der Waals surface area contributed by atoms with E-state index in [9.17, 15) is 8.42 Å². The third kappa shape index (κ3) is 3.84. The van der Waals surface area contributed by atoms with Gasteiger partial charge in [0.05, 0.1) is 5.75 Å². The van der Waals surface area contributed by atoms with Gasteiger partial charge in [0.15, 0.2) is 0 Å². The molecule has 1 atom stereocenters. The minimum Gasteiger partial charge on any atom is -0.385 e. The molecule has 0 saturated carbocycles. The van der Waals surface area contributed by atoms with Gasteiger partial charge in [0.25, 0.3) is 0 Å². The van der Waals surface area contributed by atoms with E-state index in [1.165, 1.54) is 11.1 Å². The van der Waals surface area contributed by atoms with E-state index in [4.69, 9.17) is 4.74 Å². The van der Waals surface area contributed by atoms with Crippen LogP contribution in [0.2, 0.25) is 0 Å². The number of sulfonamides is 1. The molecule has 21 heavy (non-hydrogen) atoms. The normalized spacial score (nSPS) is 19.4. The van der Waals surface area contributed by atoms with E-state index in [0.29, 0.717) is 19.6 Å². The molecule has 0 radical (unpaired) electrons. The molecule has 0 aliphatic carbocycles. The van der Waals surface area contributed by atoms with Crippen LogP contribution >= 0.6 is 0 Å². The molecule has 5 heteroatoms. The summed E-state index contributed by atoms with van der Waals surface area (Å²) in [6.07, 6.45) is 3.07. The summed E-state index contributed by atoms with van der Waals surface area (Å²) < 4.78 is 31.9. The molecule has 0 unspecified atom stereocenters. The summed E-state index contributed by atoms with van der Waals surface area (Å²) in [7, 11) is -1.55. The molecular formula is C16H25NO3S. The van der Waals surface area contributed by atoms with Crippen molar-refractivity contribution in [1.82, 2.24) is 4.31 Å². The van der Waals surface area contributed by atoms with Crippen molar-refractivity contribution in [3.8, 4) is 0 Å². The first-order valence-electron chi connectivity index (χ1n) is 7.66. The number of hydrogen-bond donors (Lipinski definition) is 0. The lowest BCUT2D eigenvalue weighted by Gasteiger charge is -2.36. The molecule has 0 bridgehead atoms. The maximum Gasteiger partial charge on any atom is 0.214 e. The van der Waals surface area contributed by atoms with Crippen LogP contribution in [-0.2, 0) is 21.2 Å². The van der Waals surface area contributed by atoms with Gasteiger partial charge in [0.1, 0.15) is 0 Å². The zero-order valence-corrected chi connectivity index (χ0v) is 13.7. The fourth-order valence-corrected chi connectivity index (χ4v) is 4.86. The molecule has 0 saturated heterocycles. The van der Waals surface area contributed by atoms with Crippen LogP contribution in [0.15, 0.2) is 24.3 Å². The van der Waals surface area contributed by atoms with Gasteiger partial charge >= 0.3 is 0 Å². The lowest BCUT2D eigenvalue weighted by Crippen LogP contribution is -2.41. The highest BCUT2D eigenvalue weighted by molar-refractivity contribution is 7.89. The van der Waals surface area contributed by atoms with Crippen LogP contribution in [0.5, 0.6) is 0 Å². The zero-order chi connectivity index (χ0) is 15.3. The highest BCUT2D eigenvalue weighted by Crippen LogP contribution is 2.34. The molecule has 0 aromatic heterocycles. The summed E-state index contributed by atoms with van der Waals surface area (Å²) in [4.78, 5) is 0. The van der Waals surface area contributed by atoms with Crippen molar-refractivity contribution in [3.05, 3.63) is 35.4 Å². The van der Waals surface area contributed by atoms with Crippen molar-refractivity contribution in [3.63, 3.8) is 0 Å². The van der Waals surface area contributed by atoms with Gasteiger partial charge in [0.2, 0.25) is 10.0 Å². The summed E-state index contributed by atoms with van der Waals surface area (Å²) >= 11 is 0. The molecular weight excluding hydrogens is 286 g/mol. The fraction of sp³-hybridized carbons (Fsp3) is 0.625. The van der Waals surface area contributed by atoms with E-state index in [1.807, 2.05) is 12.1 Å². The summed E-state index contributed by atoms with van der Waals surface area (Å²) in [6.45, 7) is 3.28. The maximum absolute atomic E-state index is 12.6. The highest BCUT2D eigenvalue weighted by Gasteiger charge is 2.33. The van der Waals surface area contributed by atoms with Gasteiger partial charge in [-0.15, -0.1) is 0 Å². The molecule has 0 N–H and O–H groups in total. The molecule has 1 heterocycles. The zero-order valence-electron chi connectivity index (χ0n) is 12.9. The smallest absolute Gasteiger partial charge is 0.214 e. The third-order valence-corrected chi connectivity index (χ3v) is 6.06. The van der Waals surface area contributed by atoms with Gasteiger partial charge in [-0.2, -0.15) is 4.31 Å². The van der Waals surface area contributed by atoms with E-state index in [-0.39, 0.29) is 11.8 Å². The van der Waals surface area contributed by atoms with E-state index in [0.717, 1.165) is 19.3 Å². The number of methoxy groups -OCH3 is 1. The van der Waals surface area contributed by atoms with Crippen molar-refractivity contribution in [2.75, 3.05) is 26.0 Å². The Bertz CT molecular complexity index is 556.